The Morgan fingerprint density at radius 3 is 2.17 bits per heavy atom. The van der Waals surface area contributed by atoms with Crippen LogP contribution in [0.4, 0.5) is 0 Å². The normalized spacial score (nSPS) is 12.1. The lowest BCUT2D eigenvalue weighted by molar-refractivity contribution is 0.632. The highest BCUT2D eigenvalue weighted by atomic mass is 32.1. The highest BCUT2D eigenvalue weighted by Crippen LogP contribution is 2.55. The van der Waals surface area contributed by atoms with Gasteiger partial charge in [0.25, 0.3) is 0 Å². The zero-order valence-corrected chi connectivity index (χ0v) is 30.0. The predicted octanol–water partition coefficient (Wildman–Crippen LogP) is 12.8. The van der Waals surface area contributed by atoms with Crippen LogP contribution in [0, 0.1) is 0 Å². The Morgan fingerprint density at radius 2 is 1.31 bits per heavy atom. The van der Waals surface area contributed by atoms with Crippen molar-refractivity contribution in [2.24, 2.45) is 0 Å². The lowest BCUT2D eigenvalue weighted by Gasteiger charge is -2.18. The summed E-state index contributed by atoms with van der Waals surface area (Å²) in [7, 11) is 0. The lowest BCUT2D eigenvalue weighted by Crippen LogP contribution is -1.96. The molecule has 0 aliphatic heterocycles. The van der Waals surface area contributed by atoms with Crippen LogP contribution in [0.15, 0.2) is 144 Å². The molecule has 0 bridgehead atoms. The number of H-pyrrole nitrogens is 3. The minimum atomic E-state index is 0.728. The van der Waals surface area contributed by atoms with Crippen LogP contribution in [-0.2, 0) is 0 Å². The maximum atomic E-state index is 6.89. The molecule has 0 fully saturated rings. The molecule has 0 saturated carbocycles. The number of nitrogens with zero attached hydrogens (tertiary/aromatic N) is 3. The second-order valence-corrected chi connectivity index (χ2v) is 15.6. The monoisotopic (exact) mass is 730 g/mol. The molecule has 254 valence electrons. The average molecular weight is 731 g/mol. The molecule has 12 rings (SSSR count). The van der Waals surface area contributed by atoms with Gasteiger partial charge in [-0.25, -0.2) is 9.97 Å². The van der Waals surface area contributed by atoms with Crippen molar-refractivity contribution in [1.29, 1.82) is 0 Å². The molecule has 6 aromatic heterocycles. The third kappa shape index (κ3) is 4.43. The number of hydrogen-bond acceptors (Lipinski definition) is 6. The van der Waals surface area contributed by atoms with Gasteiger partial charge in [0.2, 0.25) is 0 Å². The van der Waals surface area contributed by atoms with E-state index in [4.69, 9.17) is 19.5 Å². The van der Waals surface area contributed by atoms with Crippen molar-refractivity contribution in [3.63, 3.8) is 0 Å². The van der Waals surface area contributed by atoms with Gasteiger partial charge in [-0.3, -0.25) is 5.10 Å². The van der Waals surface area contributed by atoms with Gasteiger partial charge in [-0.1, -0.05) is 84.9 Å². The fourth-order valence-corrected chi connectivity index (χ4v) is 10.1. The van der Waals surface area contributed by atoms with Crippen LogP contribution in [0.5, 0.6) is 0 Å². The van der Waals surface area contributed by atoms with E-state index < -0.39 is 0 Å². The molecular formula is C45H26N6OS2. The van der Waals surface area contributed by atoms with Crippen molar-refractivity contribution in [3.05, 3.63) is 140 Å². The van der Waals surface area contributed by atoms with Gasteiger partial charge in [0.15, 0.2) is 10.8 Å². The molecule has 6 aromatic carbocycles. The SMILES string of the molecule is c1ccc2[nH]c(-c3c(-c4cc5ccccc5o4)c(-c4cc5ccccc5s4)c(-c4n[nH]c5ccccc45)c4nc(-c5nc6ccccc6[nH]5)sc34)cc2c1. The molecule has 0 unspecified atom stereocenters. The van der Waals surface area contributed by atoms with Crippen molar-refractivity contribution in [2.45, 2.75) is 0 Å². The van der Waals surface area contributed by atoms with E-state index in [-0.39, 0.29) is 0 Å². The number of furan rings is 1. The fraction of sp³-hybridized carbons (Fsp3) is 0. The molecule has 3 N–H and O–H groups in total. The van der Waals surface area contributed by atoms with Crippen molar-refractivity contribution in [3.8, 4) is 55.1 Å². The molecule has 54 heavy (non-hydrogen) atoms. The summed E-state index contributed by atoms with van der Waals surface area (Å²) < 4.78 is 9.11. The van der Waals surface area contributed by atoms with Gasteiger partial charge in [0.1, 0.15) is 17.0 Å². The summed E-state index contributed by atoms with van der Waals surface area (Å²) in [6.07, 6.45) is 0. The van der Waals surface area contributed by atoms with Crippen LogP contribution in [-0.4, -0.2) is 30.1 Å². The van der Waals surface area contributed by atoms with Gasteiger partial charge in [0, 0.05) is 59.2 Å². The number of rotatable bonds is 5. The second kappa shape index (κ2) is 11.3. The number of para-hydroxylation sites is 5. The molecule has 9 heteroatoms. The fourth-order valence-electron chi connectivity index (χ4n) is 7.85. The highest BCUT2D eigenvalue weighted by molar-refractivity contribution is 7.23. The zero-order chi connectivity index (χ0) is 35.3. The molecule has 0 spiro atoms. The first-order valence-corrected chi connectivity index (χ1v) is 19.3. The number of imidazole rings is 1. The van der Waals surface area contributed by atoms with E-state index in [1.807, 2.05) is 36.4 Å². The first kappa shape index (κ1) is 29.7. The van der Waals surface area contributed by atoms with E-state index in [1.54, 1.807) is 22.7 Å². The number of benzene rings is 6. The van der Waals surface area contributed by atoms with Crippen LogP contribution in [0.1, 0.15) is 0 Å². The van der Waals surface area contributed by atoms with E-state index in [0.29, 0.717) is 0 Å². The maximum absolute atomic E-state index is 6.89. The Morgan fingerprint density at radius 1 is 0.556 bits per heavy atom. The number of nitrogens with one attached hydrogen (secondary N) is 3. The van der Waals surface area contributed by atoms with Crippen molar-refractivity contribution in [2.75, 3.05) is 0 Å². The van der Waals surface area contributed by atoms with Gasteiger partial charge < -0.3 is 14.4 Å². The lowest BCUT2D eigenvalue weighted by atomic mass is 9.88. The summed E-state index contributed by atoms with van der Waals surface area (Å²) in [6.45, 7) is 0. The third-order valence-corrected chi connectivity index (χ3v) is 12.5. The molecule has 0 aliphatic carbocycles. The first-order chi connectivity index (χ1) is 26.7. The van der Waals surface area contributed by atoms with E-state index in [9.17, 15) is 0 Å². The Bertz CT molecular complexity index is 3290. The number of hydrogen-bond donors (Lipinski definition) is 3. The first-order valence-electron chi connectivity index (χ1n) is 17.7. The number of aromatic nitrogens is 6. The van der Waals surface area contributed by atoms with Gasteiger partial charge >= 0.3 is 0 Å². The van der Waals surface area contributed by atoms with E-state index >= 15 is 0 Å². The molecule has 0 aliphatic rings. The Hall–Kier alpha value is -6.81. The summed E-state index contributed by atoms with van der Waals surface area (Å²) in [5.74, 6) is 1.51. The summed E-state index contributed by atoms with van der Waals surface area (Å²) in [6, 6.07) is 48.3. The van der Waals surface area contributed by atoms with Crippen molar-refractivity contribution >= 4 is 86.8 Å². The number of thiophene rings is 1. The maximum Gasteiger partial charge on any atom is 0.167 e. The van der Waals surface area contributed by atoms with Crippen LogP contribution in [0.25, 0.3) is 119 Å². The van der Waals surface area contributed by atoms with Crippen LogP contribution < -0.4 is 0 Å². The van der Waals surface area contributed by atoms with Gasteiger partial charge in [0.05, 0.1) is 26.8 Å². The van der Waals surface area contributed by atoms with E-state index in [0.717, 1.165) is 109 Å². The number of fused-ring (bicyclic) bond motifs is 6. The molecule has 7 nitrogen and oxygen atoms in total. The summed E-state index contributed by atoms with van der Waals surface area (Å²) in [4.78, 5) is 19.0. The summed E-state index contributed by atoms with van der Waals surface area (Å²) in [5.41, 5.74) is 11.4. The second-order valence-electron chi connectivity index (χ2n) is 13.5. The smallest absolute Gasteiger partial charge is 0.167 e. The molecule has 12 aromatic rings. The quantitative estimate of drug-likeness (QED) is 0.164. The average Bonchev–Trinajstić information content (AvgIpc) is 4.06. The third-order valence-electron chi connectivity index (χ3n) is 10.3. The zero-order valence-electron chi connectivity index (χ0n) is 28.3. The van der Waals surface area contributed by atoms with E-state index in [1.165, 1.54) is 10.1 Å². The number of thiazole rings is 1. The Balaban J connectivity index is 1.31. The minimum absolute atomic E-state index is 0.728. The van der Waals surface area contributed by atoms with E-state index in [2.05, 4.69) is 118 Å². The van der Waals surface area contributed by atoms with Gasteiger partial charge in [-0.15, -0.1) is 22.7 Å². The van der Waals surface area contributed by atoms with Crippen LogP contribution in [0.2, 0.25) is 0 Å². The Kier molecular flexibility index (Phi) is 6.25. The summed E-state index contributed by atoms with van der Waals surface area (Å²) >= 11 is 3.41. The molecule has 0 radical (unpaired) electrons. The largest absolute Gasteiger partial charge is 0.456 e. The van der Waals surface area contributed by atoms with Crippen molar-refractivity contribution < 1.29 is 4.42 Å². The summed E-state index contributed by atoms with van der Waals surface area (Å²) in [5, 5.41) is 13.6. The predicted molar refractivity (Wildman–Crippen MR) is 223 cm³/mol. The molecular weight excluding hydrogens is 705 g/mol. The minimum Gasteiger partial charge on any atom is -0.456 e. The Labute approximate surface area is 314 Å². The number of aromatic amines is 3. The topological polar surface area (TPSA) is 99.2 Å². The van der Waals surface area contributed by atoms with Crippen LogP contribution >= 0.6 is 22.7 Å². The van der Waals surface area contributed by atoms with Crippen LogP contribution in [0.3, 0.4) is 0 Å². The van der Waals surface area contributed by atoms with Gasteiger partial charge in [-0.2, -0.15) is 5.10 Å². The van der Waals surface area contributed by atoms with Crippen molar-refractivity contribution in [1.82, 2.24) is 30.1 Å². The molecule has 0 saturated heterocycles. The van der Waals surface area contributed by atoms with Gasteiger partial charge in [-0.05, 0) is 60.0 Å². The molecule has 6 heterocycles. The highest BCUT2D eigenvalue weighted by Gasteiger charge is 2.32. The molecule has 0 atom stereocenters. The molecule has 0 amide bonds. The standard InChI is InChI=1S/C45H26N6OS2/c1-5-15-28-24(11-1)21-32(46-28)37-38(34-22-25-12-2-9-19-33(25)52-34)39(36-23-26-13-3-10-20-35(26)53-36)40(41-27-14-4-6-16-29(27)50-51-41)42-43(37)54-45(49-42)44-47-30-17-7-8-18-31(30)48-44/h1-23,46H,(H,47,48)(H,50,51).